The summed E-state index contributed by atoms with van der Waals surface area (Å²) in [5.41, 5.74) is 0.983. The zero-order chi connectivity index (χ0) is 14.7. The first-order valence-corrected chi connectivity index (χ1v) is 8.79. The van der Waals surface area contributed by atoms with Crippen molar-refractivity contribution in [3.63, 3.8) is 0 Å². The SMILES string of the molecule is OC(CCN1CCC[C@H]2CCCC[C@H]21)c1ccc(Cl)cc1. The molecule has 1 aromatic rings. The fourth-order valence-corrected chi connectivity index (χ4v) is 4.27. The lowest BCUT2D eigenvalue weighted by atomic mass is 9.78. The Morgan fingerprint density at radius 2 is 1.81 bits per heavy atom. The molecule has 2 nitrogen and oxygen atoms in total. The van der Waals surface area contributed by atoms with E-state index in [2.05, 4.69) is 4.90 Å². The van der Waals surface area contributed by atoms with Crippen molar-refractivity contribution in [2.45, 2.75) is 57.1 Å². The topological polar surface area (TPSA) is 23.5 Å². The van der Waals surface area contributed by atoms with Gasteiger partial charge in [-0.05, 0) is 62.3 Å². The van der Waals surface area contributed by atoms with Crippen LogP contribution in [0.3, 0.4) is 0 Å². The van der Waals surface area contributed by atoms with Gasteiger partial charge in [0.1, 0.15) is 0 Å². The molecule has 0 amide bonds. The van der Waals surface area contributed by atoms with Gasteiger partial charge >= 0.3 is 0 Å². The van der Waals surface area contributed by atoms with Gasteiger partial charge in [0, 0.05) is 17.6 Å². The second-order valence-electron chi connectivity index (χ2n) is 6.65. The van der Waals surface area contributed by atoms with Gasteiger partial charge in [-0.3, -0.25) is 0 Å². The van der Waals surface area contributed by atoms with Gasteiger partial charge in [0.05, 0.1) is 6.10 Å². The highest BCUT2D eigenvalue weighted by atomic mass is 35.5. The van der Waals surface area contributed by atoms with Crippen molar-refractivity contribution in [2.24, 2.45) is 5.92 Å². The second-order valence-corrected chi connectivity index (χ2v) is 7.08. The van der Waals surface area contributed by atoms with Crippen LogP contribution in [0.5, 0.6) is 0 Å². The smallest absolute Gasteiger partial charge is 0.0802 e. The van der Waals surface area contributed by atoms with Crippen LogP contribution in [0.2, 0.25) is 5.02 Å². The van der Waals surface area contributed by atoms with Crippen LogP contribution < -0.4 is 0 Å². The Labute approximate surface area is 133 Å². The van der Waals surface area contributed by atoms with Crippen LogP contribution in [-0.4, -0.2) is 29.1 Å². The number of aliphatic hydroxyl groups excluding tert-OH is 1. The minimum absolute atomic E-state index is 0.369. The summed E-state index contributed by atoms with van der Waals surface area (Å²) in [5.74, 6) is 0.917. The standard InChI is InChI=1S/C18H26ClNO/c19-16-9-7-15(8-10-16)18(21)11-13-20-12-3-5-14-4-1-2-6-17(14)20/h7-10,14,17-18,21H,1-6,11-13H2/t14-,17-,18?/m1/s1. The number of rotatable bonds is 4. The number of likely N-dealkylation sites (tertiary alicyclic amines) is 1. The average Bonchev–Trinajstić information content (AvgIpc) is 2.53. The molecular formula is C18H26ClNO. The van der Waals surface area contributed by atoms with Crippen molar-refractivity contribution in [3.8, 4) is 0 Å². The quantitative estimate of drug-likeness (QED) is 0.890. The molecule has 1 aliphatic carbocycles. The highest BCUT2D eigenvalue weighted by Gasteiger charge is 2.32. The van der Waals surface area contributed by atoms with E-state index in [9.17, 15) is 5.11 Å². The number of piperidine rings is 1. The van der Waals surface area contributed by atoms with E-state index in [-0.39, 0.29) is 6.10 Å². The van der Waals surface area contributed by atoms with Crippen LogP contribution in [0.1, 0.15) is 56.6 Å². The van der Waals surface area contributed by atoms with Crippen LogP contribution in [0.15, 0.2) is 24.3 Å². The van der Waals surface area contributed by atoms with E-state index in [1.807, 2.05) is 24.3 Å². The van der Waals surface area contributed by atoms with Gasteiger partial charge in [-0.25, -0.2) is 0 Å². The van der Waals surface area contributed by atoms with E-state index in [4.69, 9.17) is 11.6 Å². The molecule has 1 aliphatic heterocycles. The Bertz CT molecular complexity index is 445. The van der Waals surface area contributed by atoms with E-state index in [1.165, 1.54) is 45.1 Å². The Kier molecular flexibility index (Phi) is 5.20. The third-order valence-corrected chi connectivity index (χ3v) is 5.55. The lowest BCUT2D eigenvalue weighted by Gasteiger charge is -2.44. The summed E-state index contributed by atoms with van der Waals surface area (Å²) in [4.78, 5) is 2.65. The van der Waals surface area contributed by atoms with Crippen LogP contribution >= 0.6 is 11.6 Å². The summed E-state index contributed by atoms with van der Waals surface area (Å²) in [7, 11) is 0. The van der Waals surface area contributed by atoms with Gasteiger partial charge in [0.25, 0.3) is 0 Å². The molecule has 1 saturated heterocycles. The van der Waals surface area contributed by atoms with Crippen molar-refractivity contribution in [3.05, 3.63) is 34.9 Å². The molecule has 1 saturated carbocycles. The molecule has 0 spiro atoms. The summed E-state index contributed by atoms with van der Waals surface area (Å²) in [6.45, 7) is 2.24. The summed E-state index contributed by atoms with van der Waals surface area (Å²) in [6, 6.07) is 8.38. The Hall–Kier alpha value is -0.570. The van der Waals surface area contributed by atoms with Crippen LogP contribution in [0, 0.1) is 5.92 Å². The van der Waals surface area contributed by atoms with Gasteiger partial charge in [0.15, 0.2) is 0 Å². The molecule has 0 bridgehead atoms. The Balaban J connectivity index is 1.55. The molecule has 116 valence electrons. The predicted octanol–water partition coefficient (Wildman–Crippen LogP) is 4.42. The van der Waals surface area contributed by atoms with Crippen molar-refractivity contribution >= 4 is 11.6 Å². The Morgan fingerprint density at radius 3 is 2.62 bits per heavy atom. The third kappa shape index (κ3) is 3.80. The third-order valence-electron chi connectivity index (χ3n) is 5.30. The molecule has 2 aliphatic rings. The Morgan fingerprint density at radius 1 is 1.10 bits per heavy atom. The van der Waals surface area contributed by atoms with Crippen molar-refractivity contribution in [1.29, 1.82) is 0 Å². The molecule has 1 unspecified atom stereocenters. The lowest BCUT2D eigenvalue weighted by Crippen LogP contribution is -2.47. The number of hydrogen-bond donors (Lipinski definition) is 1. The fourth-order valence-electron chi connectivity index (χ4n) is 4.15. The molecule has 21 heavy (non-hydrogen) atoms. The zero-order valence-corrected chi connectivity index (χ0v) is 13.4. The van der Waals surface area contributed by atoms with E-state index in [0.717, 1.165) is 35.5 Å². The van der Waals surface area contributed by atoms with Crippen LogP contribution in [-0.2, 0) is 0 Å². The number of nitrogens with zero attached hydrogens (tertiary/aromatic N) is 1. The zero-order valence-electron chi connectivity index (χ0n) is 12.7. The number of fused-ring (bicyclic) bond motifs is 1. The molecular weight excluding hydrogens is 282 g/mol. The van der Waals surface area contributed by atoms with Gasteiger partial charge in [-0.1, -0.05) is 36.6 Å². The number of halogens is 1. The first kappa shape index (κ1) is 15.3. The van der Waals surface area contributed by atoms with Gasteiger partial charge in [-0.15, -0.1) is 0 Å². The summed E-state index contributed by atoms with van der Waals surface area (Å²) in [6.07, 6.45) is 8.79. The normalized spacial score (nSPS) is 28.1. The highest BCUT2D eigenvalue weighted by Crippen LogP contribution is 2.35. The van der Waals surface area contributed by atoms with Gasteiger partial charge < -0.3 is 10.0 Å². The van der Waals surface area contributed by atoms with Crippen molar-refractivity contribution in [1.82, 2.24) is 4.90 Å². The fraction of sp³-hybridized carbons (Fsp3) is 0.667. The summed E-state index contributed by atoms with van der Waals surface area (Å²) < 4.78 is 0. The first-order valence-electron chi connectivity index (χ1n) is 8.41. The maximum atomic E-state index is 10.4. The lowest BCUT2D eigenvalue weighted by molar-refractivity contribution is 0.0456. The van der Waals surface area contributed by atoms with Gasteiger partial charge in [-0.2, -0.15) is 0 Å². The van der Waals surface area contributed by atoms with Crippen molar-refractivity contribution < 1.29 is 5.11 Å². The minimum Gasteiger partial charge on any atom is -0.388 e. The van der Waals surface area contributed by atoms with Crippen LogP contribution in [0.4, 0.5) is 0 Å². The minimum atomic E-state index is -0.369. The molecule has 0 radical (unpaired) electrons. The molecule has 3 heteroatoms. The van der Waals surface area contributed by atoms with E-state index in [1.54, 1.807) is 0 Å². The number of aliphatic hydroxyl groups is 1. The molecule has 1 N–H and O–H groups in total. The molecule has 1 aromatic carbocycles. The highest BCUT2D eigenvalue weighted by molar-refractivity contribution is 6.30. The molecule has 1 heterocycles. The van der Waals surface area contributed by atoms with E-state index in [0.29, 0.717) is 0 Å². The maximum Gasteiger partial charge on any atom is 0.0802 e. The summed E-state index contributed by atoms with van der Waals surface area (Å²) in [5, 5.41) is 11.1. The van der Waals surface area contributed by atoms with Crippen LogP contribution in [0.25, 0.3) is 0 Å². The van der Waals surface area contributed by atoms with E-state index < -0.39 is 0 Å². The van der Waals surface area contributed by atoms with Crippen molar-refractivity contribution in [2.75, 3.05) is 13.1 Å². The molecule has 3 atom stereocenters. The second kappa shape index (κ2) is 7.13. The monoisotopic (exact) mass is 307 g/mol. The first-order chi connectivity index (χ1) is 10.2. The average molecular weight is 308 g/mol. The molecule has 3 rings (SSSR count). The molecule has 0 aromatic heterocycles. The number of hydrogen-bond acceptors (Lipinski definition) is 2. The molecule has 2 fully saturated rings. The predicted molar refractivity (Wildman–Crippen MR) is 87.6 cm³/mol. The maximum absolute atomic E-state index is 10.4. The number of benzene rings is 1. The van der Waals surface area contributed by atoms with Gasteiger partial charge in [0.2, 0.25) is 0 Å². The largest absolute Gasteiger partial charge is 0.388 e. The van der Waals surface area contributed by atoms with E-state index >= 15 is 0 Å². The summed E-state index contributed by atoms with van der Waals surface area (Å²) >= 11 is 5.90.